The van der Waals surface area contributed by atoms with Gasteiger partial charge in [0.2, 0.25) is 0 Å². The Hall–Kier alpha value is -4.31. The average Bonchev–Trinajstić information content (AvgIpc) is 4.00. The van der Waals surface area contributed by atoms with Crippen molar-refractivity contribution < 1.29 is 39.2 Å². The molecule has 6 fully saturated rings. The normalized spacial score (nSPS) is 39.7. The molecule has 5 unspecified atom stereocenters. The molecule has 4 aliphatic carbocycles. The first-order valence-electron chi connectivity index (χ1n) is 25.9. The number of esters is 1. The van der Waals surface area contributed by atoms with Crippen molar-refractivity contribution in [1.82, 2.24) is 25.4 Å². The minimum atomic E-state index is -2.24. The molecule has 1 aromatic heterocycles. The van der Waals surface area contributed by atoms with Crippen molar-refractivity contribution in [3.8, 4) is 5.75 Å². The Kier molecular flexibility index (Phi) is 11.2. The zero-order valence-electron chi connectivity index (χ0n) is 41.6. The van der Waals surface area contributed by atoms with E-state index >= 15 is 9.59 Å². The van der Waals surface area contributed by atoms with Crippen LogP contribution in [0.4, 0.5) is 5.69 Å². The van der Waals surface area contributed by atoms with Gasteiger partial charge in [0.25, 0.3) is 5.91 Å². The summed E-state index contributed by atoms with van der Waals surface area (Å²) in [7, 11) is 5.02. The van der Waals surface area contributed by atoms with Crippen LogP contribution in [-0.2, 0) is 36.4 Å². The van der Waals surface area contributed by atoms with E-state index in [-0.39, 0.29) is 28.6 Å². The fourth-order valence-corrected chi connectivity index (χ4v) is 16.7. The zero-order chi connectivity index (χ0) is 48.5. The molecule has 2 saturated heterocycles. The summed E-state index contributed by atoms with van der Waals surface area (Å²) >= 11 is 0. The van der Waals surface area contributed by atoms with Crippen molar-refractivity contribution in [2.24, 2.45) is 22.2 Å². The summed E-state index contributed by atoms with van der Waals surface area (Å²) in [6, 6.07) is 11.2. The van der Waals surface area contributed by atoms with Gasteiger partial charge in [-0.3, -0.25) is 24.2 Å². The van der Waals surface area contributed by atoms with Crippen LogP contribution >= 0.6 is 0 Å². The third-order valence-corrected chi connectivity index (χ3v) is 19.7. The minimum Gasteiger partial charge on any atom is -0.496 e. The summed E-state index contributed by atoms with van der Waals surface area (Å²) < 4.78 is 12.5. The fraction of sp³-hybridized carbons (Fsp3) is 0.655. The van der Waals surface area contributed by atoms with Gasteiger partial charge >= 0.3 is 5.97 Å². The molecule has 69 heavy (non-hydrogen) atoms. The summed E-state index contributed by atoms with van der Waals surface area (Å²) in [4.78, 5) is 53.3. The number of ketones is 1. The second-order valence-corrected chi connectivity index (χ2v) is 23.5. The van der Waals surface area contributed by atoms with Crippen LogP contribution in [-0.4, -0.2) is 151 Å². The molecule has 14 nitrogen and oxygen atoms in total. The Balaban J connectivity index is 1.05. The van der Waals surface area contributed by atoms with Crippen molar-refractivity contribution in [2.45, 2.75) is 132 Å². The van der Waals surface area contributed by atoms with Gasteiger partial charge < -0.3 is 45.3 Å². The molecule has 4 saturated carbocycles. The first kappa shape index (κ1) is 47.0. The van der Waals surface area contributed by atoms with Gasteiger partial charge in [0.1, 0.15) is 23.1 Å². The highest BCUT2D eigenvalue weighted by Gasteiger charge is 2.79. The fourth-order valence-electron chi connectivity index (χ4n) is 16.7. The Morgan fingerprint density at radius 3 is 2.35 bits per heavy atom. The molecular formula is C55H74N6O8. The molecule has 14 heteroatoms. The lowest BCUT2D eigenvalue weighted by molar-refractivity contribution is -0.204. The molecule has 6 N–H and O–H groups in total. The number of aromatic nitrogens is 1. The first-order valence-corrected chi connectivity index (χ1v) is 25.9. The van der Waals surface area contributed by atoms with Crippen LogP contribution in [0.15, 0.2) is 48.6 Å². The van der Waals surface area contributed by atoms with Crippen molar-refractivity contribution in [3.63, 3.8) is 0 Å². The van der Waals surface area contributed by atoms with Gasteiger partial charge in [-0.05, 0) is 131 Å². The van der Waals surface area contributed by atoms with E-state index in [1.54, 1.807) is 14.0 Å². The highest BCUT2D eigenvalue weighted by atomic mass is 16.5. The van der Waals surface area contributed by atoms with Crippen LogP contribution in [0.5, 0.6) is 5.75 Å². The van der Waals surface area contributed by atoms with Crippen LogP contribution < -0.4 is 20.3 Å². The number of anilines is 1. The van der Waals surface area contributed by atoms with Gasteiger partial charge in [-0.1, -0.05) is 37.3 Å². The number of nitrogens with one attached hydrogen (secondary N) is 3. The Morgan fingerprint density at radius 2 is 1.65 bits per heavy atom. The standard InChI is InChI=1S/C55H74N6O8/c1-7-52-14-10-22-61-24-21-53(44(52)61)38-25-39(54(48(65)69-6)28-35-27-49(3,66)33-60(30-35)23-13-37-36-11-8-9-12-40(36)58-43(37)54)42(68-5)26-41(38)59(4)45(53)55(67,46(52)63)47(64)57-32-51-18-15-50(16-19-51,17-20-51)31-56-29-34(2)62/h8-12,14,25-26,35,44-46,56,58,63,66-67H,7,13,15-24,27-33H2,1-6H3,(H,57,64)/t35?,44?,45?,46-,49+,50?,51?,52-,53?,54-,55+/m1/s1. The van der Waals surface area contributed by atoms with Gasteiger partial charge in [-0.25, -0.2) is 0 Å². The predicted octanol–water partition coefficient (Wildman–Crippen LogP) is 4.49. The average molecular weight is 947 g/mol. The molecule has 372 valence electrons. The number of amides is 1. The number of carbonyl (C=O) groups excluding carboxylic acids is 3. The number of methoxy groups -OCH3 is 2. The largest absolute Gasteiger partial charge is 0.496 e. The summed E-state index contributed by atoms with van der Waals surface area (Å²) in [6.07, 6.45) is 11.3. The molecule has 1 amide bonds. The molecule has 1 spiro atoms. The molecular weight excluding hydrogens is 873 g/mol. The SMILES string of the molecule is CC[C@]12C=CCN3CCC4(c5cc([C@]6(C(=O)OC)CC7CN(CCc8c6[nH]c6ccccc86)C[C@@](C)(O)C7)c(OC)cc5N(C)C4[C@@](O)(C(=O)NCC45CCC(CNCC(C)=O)(CC4)CC5)[C@@H]1O)C32. The van der Waals surface area contributed by atoms with Gasteiger partial charge in [-0.15, -0.1) is 0 Å². The van der Waals surface area contributed by atoms with E-state index in [1.807, 2.05) is 37.1 Å². The van der Waals surface area contributed by atoms with Gasteiger partial charge in [0.15, 0.2) is 5.60 Å². The highest BCUT2D eigenvalue weighted by Crippen LogP contribution is 2.68. The topological polar surface area (TPSA) is 180 Å². The number of rotatable bonds is 11. The Labute approximate surface area is 406 Å². The Morgan fingerprint density at radius 1 is 0.928 bits per heavy atom. The molecule has 2 aromatic carbocycles. The summed E-state index contributed by atoms with van der Waals surface area (Å²) in [5.41, 5.74) is -1.34. The number of para-hydroxylation sites is 1. The van der Waals surface area contributed by atoms with Crippen molar-refractivity contribution in [1.29, 1.82) is 0 Å². The number of aromatic amines is 1. The van der Waals surface area contributed by atoms with Crippen LogP contribution in [0.1, 0.15) is 107 Å². The summed E-state index contributed by atoms with van der Waals surface area (Å²) in [6.45, 7) is 10.5. The second-order valence-electron chi connectivity index (χ2n) is 23.5. The zero-order valence-corrected chi connectivity index (χ0v) is 41.6. The maximum Gasteiger partial charge on any atom is 0.322 e. The first-order chi connectivity index (χ1) is 33.0. The van der Waals surface area contributed by atoms with Gasteiger partial charge in [0, 0.05) is 97.1 Å². The molecule has 4 bridgehead atoms. The van der Waals surface area contributed by atoms with Crippen molar-refractivity contribution in [2.75, 3.05) is 78.5 Å². The van der Waals surface area contributed by atoms with Crippen LogP contribution in [0.3, 0.4) is 0 Å². The quantitative estimate of drug-likeness (QED) is 0.117. The van der Waals surface area contributed by atoms with E-state index in [9.17, 15) is 20.1 Å². The lowest BCUT2D eigenvalue weighted by Gasteiger charge is -2.63. The van der Waals surface area contributed by atoms with E-state index in [0.29, 0.717) is 89.2 Å². The lowest BCUT2D eigenvalue weighted by Crippen LogP contribution is -2.82. The van der Waals surface area contributed by atoms with E-state index in [1.165, 1.54) is 7.11 Å². The number of Topliss-reactive ketones (excluding diaryl/α,β-unsaturated/α-hetero) is 1. The third-order valence-electron chi connectivity index (χ3n) is 19.7. The van der Waals surface area contributed by atoms with E-state index in [4.69, 9.17) is 9.47 Å². The van der Waals surface area contributed by atoms with Crippen molar-refractivity contribution >= 4 is 34.3 Å². The molecule has 9 aliphatic rings. The minimum absolute atomic E-state index is 0.0961. The predicted molar refractivity (Wildman–Crippen MR) is 263 cm³/mol. The number of fused-ring (bicyclic) bond motifs is 9. The van der Waals surface area contributed by atoms with Crippen LogP contribution in [0.2, 0.25) is 0 Å². The number of ether oxygens (including phenoxy) is 2. The molecule has 5 aliphatic heterocycles. The smallest absolute Gasteiger partial charge is 0.322 e. The van der Waals surface area contributed by atoms with Gasteiger partial charge in [0.05, 0.1) is 32.4 Å². The summed E-state index contributed by atoms with van der Waals surface area (Å²) in [5.74, 6) is -0.445. The van der Waals surface area contributed by atoms with E-state index in [0.717, 1.165) is 78.5 Å². The maximum absolute atomic E-state index is 15.5. The number of H-pyrrole nitrogens is 1. The number of nitrogens with zero attached hydrogens (tertiary/aromatic N) is 3. The number of aliphatic hydroxyl groups excluding tert-OH is 1. The van der Waals surface area contributed by atoms with E-state index < -0.39 is 51.5 Å². The number of aliphatic hydroxyl groups is 3. The second kappa shape index (κ2) is 16.4. The van der Waals surface area contributed by atoms with Gasteiger partial charge in [-0.2, -0.15) is 0 Å². The lowest BCUT2D eigenvalue weighted by atomic mass is 9.47. The molecule has 3 aromatic rings. The highest BCUT2D eigenvalue weighted by molar-refractivity contribution is 5.95. The number of hydrogen-bond acceptors (Lipinski definition) is 12. The van der Waals surface area contributed by atoms with Crippen LogP contribution in [0, 0.1) is 22.2 Å². The van der Waals surface area contributed by atoms with Crippen molar-refractivity contribution in [3.05, 3.63) is 70.9 Å². The number of carbonyl (C=O) groups is 3. The summed E-state index contributed by atoms with van der Waals surface area (Å²) in [5, 5.41) is 46.5. The molecule has 10 atom stereocenters. The monoisotopic (exact) mass is 947 g/mol. The Bertz CT molecular complexity index is 2580. The third kappa shape index (κ3) is 6.67. The van der Waals surface area contributed by atoms with Crippen LogP contribution in [0.25, 0.3) is 10.9 Å². The number of likely N-dealkylation sites (N-methyl/N-ethyl adjacent to an activating group) is 1. The molecule has 6 heterocycles. The molecule has 12 rings (SSSR count). The number of benzene rings is 2. The van der Waals surface area contributed by atoms with E-state index in [2.05, 4.69) is 62.7 Å². The number of hydrogen-bond donors (Lipinski definition) is 6. The number of piperidine rings is 1. The maximum atomic E-state index is 15.5. The molecule has 0 radical (unpaired) electrons.